The molecular weight excluding hydrogens is 330 g/mol. The van der Waals surface area contributed by atoms with Gasteiger partial charge in [-0.15, -0.1) is 0 Å². The molecule has 0 atom stereocenters. The molecule has 7 nitrogen and oxygen atoms in total. The highest BCUT2D eigenvalue weighted by molar-refractivity contribution is 5.86. The fraction of sp³-hybridized carbons (Fsp3) is 0.579. The summed E-state index contributed by atoms with van der Waals surface area (Å²) < 4.78 is 5.42. The Morgan fingerprint density at radius 1 is 1.08 bits per heavy atom. The average Bonchev–Trinajstić information content (AvgIpc) is 2.66. The van der Waals surface area contributed by atoms with Crippen molar-refractivity contribution in [2.45, 2.75) is 26.9 Å². The largest absolute Gasteiger partial charge is 0.379 e. The standard InChI is InChI=1S/C19H31N5O2/c1-3-20-18(25)14-23-19(21-4-2)22-13-16-7-5-6-8-17(16)15-24-9-11-26-12-10-24/h5-8H,3-4,9-15H2,1-2H3,(H,20,25)(H2,21,22,23). The Balaban J connectivity index is 1.97. The van der Waals surface area contributed by atoms with Crippen LogP contribution in [0.15, 0.2) is 29.3 Å². The number of benzene rings is 1. The molecule has 1 aliphatic heterocycles. The Hall–Kier alpha value is -2.12. The molecule has 0 radical (unpaired) electrons. The van der Waals surface area contributed by atoms with Crippen molar-refractivity contribution in [3.63, 3.8) is 0 Å². The van der Waals surface area contributed by atoms with Crippen LogP contribution < -0.4 is 16.0 Å². The molecule has 144 valence electrons. The molecule has 1 aromatic rings. The third-order valence-electron chi connectivity index (χ3n) is 4.16. The number of nitrogens with zero attached hydrogens (tertiary/aromatic N) is 2. The Kier molecular flexibility index (Phi) is 8.92. The molecule has 0 unspecified atom stereocenters. The van der Waals surface area contributed by atoms with E-state index in [4.69, 9.17) is 4.74 Å². The molecule has 1 aromatic carbocycles. The Morgan fingerprint density at radius 2 is 1.77 bits per heavy atom. The van der Waals surface area contributed by atoms with Gasteiger partial charge in [0.2, 0.25) is 5.91 Å². The van der Waals surface area contributed by atoms with Gasteiger partial charge in [-0.05, 0) is 25.0 Å². The van der Waals surface area contributed by atoms with E-state index in [2.05, 4.69) is 44.0 Å². The van der Waals surface area contributed by atoms with E-state index in [9.17, 15) is 4.79 Å². The number of ether oxygens (including phenoxy) is 1. The number of rotatable bonds is 8. The van der Waals surface area contributed by atoms with Gasteiger partial charge in [-0.25, -0.2) is 4.99 Å². The van der Waals surface area contributed by atoms with Crippen molar-refractivity contribution < 1.29 is 9.53 Å². The molecule has 0 aromatic heterocycles. The van der Waals surface area contributed by atoms with Gasteiger partial charge in [-0.3, -0.25) is 9.69 Å². The van der Waals surface area contributed by atoms with Gasteiger partial charge in [0.15, 0.2) is 5.96 Å². The summed E-state index contributed by atoms with van der Waals surface area (Å²) >= 11 is 0. The Morgan fingerprint density at radius 3 is 2.46 bits per heavy atom. The van der Waals surface area contributed by atoms with Gasteiger partial charge in [0, 0.05) is 32.7 Å². The van der Waals surface area contributed by atoms with Gasteiger partial charge >= 0.3 is 0 Å². The quantitative estimate of drug-likeness (QED) is 0.470. The zero-order chi connectivity index (χ0) is 18.6. The number of nitrogens with one attached hydrogen (secondary N) is 3. The lowest BCUT2D eigenvalue weighted by molar-refractivity contribution is -0.119. The van der Waals surface area contributed by atoms with Crippen LogP contribution in [0.5, 0.6) is 0 Å². The van der Waals surface area contributed by atoms with Gasteiger partial charge < -0.3 is 20.7 Å². The Labute approximate surface area is 156 Å². The number of carbonyl (C=O) groups is 1. The van der Waals surface area contributed by atoms with Crippen molar-refractivity contribution in [1.29, 1.82) is 0 Å². The highest BCUT2D eigenvalue weighted by atomic mass is 16.5. The van der Waals surface area contributed by atoms with E-state index in [-0.39, 0.29) is 12.5 Å². The maximum Gasteiger partial charge on any atom is 0.239 e. The first-order valence-electron chi connectivity index (χ1n) is 9.38. The van der Waals surface area contributed by atoms with E-state index in [0.29, 0.717) is 19.0 Å². The van der Waals surface area contributed by atoms with Crippen molar-refractivity contribution >= 4 is 11.9 Å². The number of carbonyl (C=O) groups excluding carboxylic acids is 1. The first-order valence-corrected chi connectivity index (χ1v) is 9.38. The summed E-state index contributed by atoms with van der Waals surface area (Å²) in [5, 5.41) is 9.03. The third-order valence-corrected chi connectivity index (χ3v) is 4.16. The van der Waals surface area contributed by atoms with Crippen LogP contribution in [0.4, 0.5) is 0 Å². The van der Waals surface area contributed by atoms with Crippen molar-refractivity contribution in [3.8, 4) is 0 Å². The normalized spacial score (nSPS) is 15.5. The van der Waals surface area contributed by atoms with Crippen LogP contribution in [0, 0.1) is 0 Å². The molecule has 0 aliphatic carbocycles. The SMILES string of the molecule is CCNC(=O)CNC(=NCc1ccccc1CN1CCOCC1)NCC. The van der Waals surface area contributed by atoms with Gasteiger partial charge in [-0.2, -0.15) is 0 Å². The molecule has 26 heavy (non-hydrogen) atoms. The molecule has 1 aliphatic rings. The molecule has 0 spiro atoms. The van der Waals surface area contributed by atoms with Crippen LogP contribution >= 0.6 is 0 Å². The predicted octanol–water partition coefficient (Wildman–Crippen LogP) is 0.710. The van der Waals surface area contributed by atoms with Crippen LogP contribution in [0.1, 0.15) is 25.0 Å². The number of aliphatic imine (C=N–C) groups is 1. The summed E-state index contributed by atoms with van der Waals surface area (Å²) in [6, 6.07) is 8.40. The monoisotopic (exact) mass is 361 g/mol. The number of hydrogen-bond acceptors (Lipinski definition) is 4. The average molecular weight is 361 g/mol. The molecule has 1 fully saturated rings. The summed E-state index contributed by atoms with van der Waals surface area (Å²) in [6.45, 7) is 10.5. The second kappa shape index (κ2) is 11.5. The predicted molar refractivity (Wildman–Crippen MR) is 104 cm³/mol. The highest BCUT2D eigenvalue weighted by Crippen LogP contribution is 2.14. The number of guanidine groups is 1. The van der Waals surface area contributed by atoms with E-state index >= 15 is 0 Å². The molecular formula is C19H31N5O2. The molecule has 0 saturated carbocycles. The van der Waals surface area contributed by atoms with Crippen LogP contribution in [-0.4, -0.2) is 62.7 Å². The molecule has 1 heterocycles. The second-order valence-electron chi connectivity index (χ2n) is 6.16. The maximum atomic E-state index is 11.6. The molecule has 7 heteroatoms. The van der Waals surface area contributed by atoms with Gasteiger partial charge in [0.25, 0.3) is 0 Å². The molecule has 0 bridgehead atoms. The van der Waals surface area contributed by atoms with Crippen molar-refractivity contribution in [3.05, 3.63) is 35.4 Å². The third kappa shape index (κ3) is 7.01. The minimum Gasteiger partial charge on any atom is -0.379 e. The fourth-order valence-electron chi connectivity index (χ4n) is 2.80. The summed E-state index contributed by atoms with van der Waals surface area (Å²) in [5.74, 6) is 0.616. The fourth-order valence-corrected chi connectivity index (χ4v) is 2.80. The number of amides is 1. The number of morpholine rings is 1. The van der Waals surface area contributed by atoms with E-state index in [1.54, 1.807) is 0 Å². The smallest absolute Gasteiger partial charge is 0.239 e. The Bertz CT molecular complexity index is 585. The van der Waals surface area contributed by atoms with Crippen LogP contribution in [-0.2, 0) is 22.6 Å². The topological polar surface area (TPSA) is 78.0 Å². The van der Waals surface area contributed by atoms with Crippen molar-refractivity contribution in [2.24, 2.45) is 4.99 Å². The summed E-state index contributed by atoms with van der Waals surface area (Å²) in [5.41, 5.74) is 2.49. The van der Waals surface area contributed by atoms with Gasteiger partial charge in [0.1, 0.15) is 0 Å². The number of likely N-dealkylation sites (N-methyl/N-ethyl adjacent to an activating group) is 1. The van der Waals surface area contributed by atoms with Crippen molar-refractivity contribution in [2.75, 3.05) is 45.9 Å². The minimum absolute atomic E-state index is 0.0363. The van der Waals surface area contributed by atoms with Crippen LogP contribution in [0.2, 0.25) is 0 Å². The molecule has 3 N–H and O–H groups in total. The summed E-state index contributed by atoms with van der Waals surface area (Å²) in [6.07, 6.45) is 0. The first kappa shape index (κ1) is 20.2. The van der Waals surface area contributed by atoms with Crippen LogP contribution in [0.25, 0.3) is 0 Å². The molecule has 1 amide bonds. The lowest BCUT2D eigenvalue weighted by atomic mass is 10.1. The van der Waals surface area contributed by atoms with Gasteiger partial charge in [-0.1, -0.05) is 24.3 Å². The van der Waals surface area contributed by atoms with E-state index in [1.807, 2.05) is 19.9 Å². The second-order valence-corrected chi connectivity index (χ2v) is 6.16. The molecule has 1 saturated heterocycles. The zero-order valence-electron chi connectivity index (χ0n) is 15.9. The number of hydrogen-bond donors (Lipinski definition) is 3. The lowest BCUT2D eigenvalue weighted by Crippen LogP contribution is -2.43. The maximum absolute atomic E-state index is 11.6. The summed E-state index contributed by atoms with van der Waals surface area (Å²) in [4.78, 5) is 18.7. The highest BCUT2D eigenvalue weighted by Gasteiger charge is 2.12. The zero-order valence-corrected chi connectivity index (χ0v) is 15.9. The van der Waals surface area contributed by atoms with E-state index in [1.165, 1.54) is 11.1 Å². The van der Waals surface area contributed by atoms with Crippen LogP contribution in [0.3, 0.4) is 0 Å². The first-order chi connectivity index (χ1) is 12.7. The lowest BCUT2D eigenvalue weighted by Gasteiger charge is -2.27. The molecule has 2 rings (SSSR count). The van der Waals surface area contributed by atoms with E-state index in [0.717, 1.165) is 39.4 Å². The summed E-state index contributed by atoms with van der Waals surface area (Å²) in [7, 11) is 0. The van der Waals surface area contributed by atoms with E-state index < -0.39 is 0 Å². The van der Waals surface area contributed by atoms with Gasteiger partial charge in [0.05, 0.1) is 26.3 Å². The minimum atomic E-state index is -0.0363. The van der Waals surface area contributed by atoms with Crippen molar-refractivity contribution in [1.82, 2.24) is 20.9 Å².